The van der Waals surface area contributed by atoms with Gasteiger partial charge in [0.25, 0.3) is 9.70 Å². The van der Waals surface area contributed by atoms with Crippen molar-refractivity contribution >= 4 is 62.3 Å². The molecule has 0 fully saturated rings. The normalized spacial score (nSPS) is 17.4. The van der Waals surface area contributed by atoms with Crippen molar-refractivity contribution in [2.24, 2.45) is 0 Å². The molecule has 1 atom stereocenters. The number of carbonyl (C=O) groups excluding carboxylic acids is 1. The zero-order chi connectivity index (χ0) is 24.6. The van der Waals surface area contributed by atoms with E-state index < -0.39 is 25.6 Å². The van der Waals surface area contributed by atoms with Crippen LogP contribution in [-0.2, 0) is 16.6 Å². The molecule has 3 aromatic rings. The number of carbonyl (C=O) groups is 1. The van der Waals surface area contributed by atoms with E-state index in [2.05, 4.69) is 10.0 Å². The summed E-state index contributed by atoms with van der Waals surface area (Å²) in [6, 6.07) is 18.8. The first kappa shape index (κ1) is 24.9. The minimum atomic E-state index is -3.92. The predicted octanol–water partition coefficient (Wildman–Crippen LogP) is 5.04. The minimum Gasteiger partial charge on any atom is -0.428 e. The molecule has 2 N–H and O–H groups in total. The summed E-state index contributed by atoms with van der Waals surface area (Å²) in [5, 5.41) is 2.76. The Labute approximate surface area is 215 Å². The third kappa shape index (κ3) is 5.22. The maximum atomic E-state index is 13.0. The van der Waals surface area contributed by atoms with E-state index in [1.807, 2.05) is 6.07 Å². The highest BCUT2D eigenvalue weighted by atomic mass is 35.6. The summed E-state index contributed by atoms with van der Waals surface area (Å²) in [7, 11) is -3.92. The molecule has 1 aliphatic rings. The first-order valence-electron chi connectivity index (χ1n) is 9.70. The van der Waals surface area contributed by atoms with Crippen molar-refractivity contribution in [2.75, 3.05) is 0 Å². The van der Waals surface area contributed by atoms with Crippen molar-refractivity contribution in [1.29, 1.82) is 0 Å². The van der Waals surface area contributed by atoms with E-state index in [4.69, 9.17) is 55.9 Å². The fourth-order valence-electron chi connectivity index (χ4n) is 3.10. The lowest BCUT2D eigenvalue weighted by atomic mass is 10.2. The highest BCUT2D eigenvalue weighted by Crippen LogP contribution is 2.49. The Hall–Kier alpha value is -2.20. The van der Waals surface area contributed by atoms with E-state index in [-0.39, 0.29) is 28.5 Å². The largest absolute Gasteiger partial charge is 0.428 e. The average molecular weight is 562 g/mol. The highest BCUT2D eigenvalue weighted by molar-refractivity contribution is 7.89. The molecule has 1 heterocycles. The standard InChI is InChI=1S/C22H16Cl4N2O5S/c23-16-9-10-18-19(12-16)33-22(32-18,21(24,25)26)28-20(29)15-7-4-8-17(11-15)34(30,31)27-13-14-5-2-1-3-6-14/h1-12,27H,13H2,(H,28,29). The zero-order valence-corrected chi connectivity index (χ0v) is 20.9. The van der Waals surface area contributed by atoms with Gasteiger partial charge < -0.3 is 9.47 Å². The molecule has 1 unspecified atom stereocenters. The summed E-state index contributed by atoms with van der Waals surface area (Å²) in [5.74, 6) is -2.68. The van der Waals surface area contributed by atoms with Crippen molar-refractivity contribution in [3.8, 4) is 11.5 Å². The van der Waals surface area contributed by atoms with E-state index in [1.54, 1.807) is 24.3 Å². The van der Waals surface area contributed by atoms with Gasteiger partial charge in [-0.05, 0) is 35.9 Å². The van der Waals surface area contributed by atoms with Gasteiger partial charge in [0, 0.05) is 23.2 Å². The van der Waals surface area contributed by atoms with Gasteiger partial charge in [0.2, 0.25) is 10.0 Å². The van der Waals surface area contributed by atoms with Crippen LogP contribution in [0.2, 0.25) is 5.02 Å². The summed E-state index contributed by atoms with van der Waals surface area (Å²) in [4.78, 5) is 12.9. The Kier molecular flexibility index (Phi) is 6.92. The molecule has 12 heteroatoms. The Bertz CT molecular complexity index is 1330. The number of alkyl halides is 3. The number of fused-ring (bicyclic) bond motifs is 1. The first-order chi connectivity index (χ1) is 16.0. The monoisotopic (exact) mass is 560 g/mol. The number of sulfonamides is 1. The fraction of sp³-hybridized carbons (Fsp3) is 0.136. The molecular weight excluding hydrogens is 546 g/mol. The van der Waals surface area contributed by atoms with Crippen molar-refractivity contribution in [2.45, 2.75) is 21.1 Å². The van der Waals surface area contributed by atoms with E-state index >= 15 is 0 Å². The number of nitrogens with one attached hydrogen (secondary N) is 2. The smallest absolute Gasteiger partial charge is 0.388 e. The Balaban J connectivity index is 1.55. The Morgan fingerprint density at radius 1 is 0.912 bits per heavy atom. The van der Waals surface area contributed by atoms with Gasteiger partial charge in [0.15, 0.2) is 11.5 Å². The van der Waals surface area contributed by atoms with Crippen LogP contribution in [0.25, 0.3) is 0 Å². The van der Waals surface area contributed by atoms with E-state index in [0.717, 1.165) is 5.56 Å². The van der Waals surface area contributed by atoms with Gasteiger partial charge in [0.05, 0.1) is 4.90 Å². The zero-order valence-electron chi connectivity index (χ0n) is 17.1. The summed E-state index contributed by atoms with van der Waals surface area (Å²) >= 11 is 24.2. The second-order valence-corrected chi connectivity index (χ2v) is 11.7. The van der Waals surface area contributed by atoms with Gasteiger partial charge in [0.1, 0.15) is 0 Å². The third-order valence-electron chi connectivity index (χ3n) is 4.78. The highest BCUT2D eigenvalue weighted by Gasteiger charge is 2.59. The van der Waals surface area contributed by atoms with Gasteiger partial charge in [-0.15, -0.1) is 0 Å². The minimum absolute atomic E-state index is 0.0302. The SMILES string of the molecule is O=C(NC1(C(Cl)(Cl)Cl)Oc2ccc(Cl)cc2O1)c1cccc(S(=O)(=O)NCc2ccccc2)c1. The molecule has 1 amide bonds. The molecule has 4 rings (SSSR count). The van der Waals surface area contributed by atoms with E-state index in [9.17, 15) is 13.2 Å². The lowest BCUT2D eigenvalue weighted by Gasteiger charge is -2.33. The number of amides is 1. The molecule has 1 aliphatic heterocycles. The quantitative estimate of drug-likeness (QED) is 0.411. The molecule has 178 valence electrons. The summed E-state index contributed by atoms with van der Waals surface area (Å²) < 4.78 is 37.0. The van der Waals surface area contributed by atoms with Crippen LogP contribution in [0.15, 0.2) is 77.7 Å². The topological polar surface area (TPSA) is 93.7 Å². The van der Waals surface area contributed by atoms with Crippen LogP contribution in [-0.4, -0.2) is 24.0 Å². The molecule has 0 bridgehead atoms. The van der Waals surface area contributed by atoms with Gasteiger partial charge >= 0.3 is 5.91 Å². The molecule has 7 nitrogen and oxygen atoms in total. The molecule has 3 aromatic carbocycles. The van der Waals surface area contributed by atoms with Crippen molar-refractivity contribution in [3.63, 3.8) is 0 Å². The summed E-state index contributed by atoms with van der Waals surface area (Å²) in [6.45, 7) is 0.0818. The van der Waals surface area contributed by atoms with Gasteiger partial charge in [-0.25, -0.2) is 13.1 Å². The number of hydrogen-bond donors (Lipinski definition) is 2. The van der Waals surface area contributed by atoms with E-state index in [1.165, 1.54) is 42.5 Å². The molecule has 0 aromatic heterocycles. The van der Waals surface area contributed by atoms with Crippen LogP contribution < -0.4 is 19.5 Å². The lowest BCUT2D eigenvalue weighted by Crippen LogP contribution is -2.63. The molecular formula is C22H16Cl4N2O5S. The van der Waals surface area contributed by atoms with Gasteiger partial charge in [-0.3, -0.25) is 10.1 Å². The second-order valence-electron chi connectivity index (χ2n) is 7.20. The third-order valence-corrected chi connectivity index (χ3v) is 7.16. The van der Waals surface area contributed by atoms with Crippen LogP contribution in [0, 0.1) is 0 Å². The molecule has 0 saturated heterocycles. The maximum absolute atomic E-state index is 13.0. The van der Waals surface area contributed by atoms with Crippen molar-refractivity contribution in [3.05, 3.63) is 88.9 Å². The van der Waals surface area contributed by atoms with Crippen molar-refractivity contribution in [1.82, 2.24) is 10.0 Å². The van der Waals surface area contributed by atoms with Crippen LogP contribution in [0.4, 0.5) is 0 Å². The molecule has 34 heavy (non-hydrogen) atoms. The number of benzene rings is 3. The summed E-state index contributed by atoms with van der Waals surface area (Å²) in [5.41, 5.74) is 0.747. The number of halogens is 4. The second kappa shape index (κ2) is 9.45. The van der Waals surface area contributed by atoms with Crippen LogP contribution in [0.3, 0.4) is 0 Å². The lowest BCUT2D eigenvalue weighted by molar-refractivity contribution is -0.0953. The molecule has 0 spiro atoms. The van der Waals surface area contributed by atoms with Crippen LogP contribution >= 0.6 is 46.4 Å². The van der Waals surface area contributed by atoms with Gasteiger partial charge in [-0.1, -0.05) is 82.8 Å². The Morgan fingerprint density at radius 2 is 1.62 bits per heavy atom. The van der Waals surface area contributed by atoms with Gasteiger partial charge in [-0.2, -0.15) is 0 Å². The van der Waals surface area contributed by atoms with Crippen LogP contribution in [0.5, 0.6) is 11.5 Å². The number of rotatable bonds is 6. The Morgan fingerprint density at radius 3 is 2.32 bits per heavy atom. The van der Waals surface area contributed by atoms with Crippen LogP contribution in [0.1, 0.15) is 15.9 Å². The fourth-order valence-corrected chi connectivity index (χ4v) is 4.70. The number of ether oxygens (including phenoxy) is 2. The maximum Gasteiger partial charge on any atom is 0.388 e. The summed E-state index contributed by atoms with van der Waals surface area (Å²) in [6.07, 6.45) is 0. The van der Waals surface area contributed by atoms with Crippen molar-refractivity contribution < 1.29 is 22.7 Å². The molecule has 0 radical (unpaired) electrons. The predicted molar refractivity (Wildman–Crippen MR) is 130 cm³/mol. The number of hydrogen-bond acceptors (Lipinski definition) is 5. The first-order valence-corrected chi connectivity index (χ1v) is 12.7. The average Bonchev–Trinajstić information content (AvgIpc) is 3.17. The molecule has 0 saturated carbocycles. The molecule has 0 aliphatic carbocycles. The van der Waals surface area contributed by atoms with E-state index in [0.29, 0.717) is 5.02 Å².